The molecule has 0 unspecified atom stereocenters. The van der Waals surface area contributed by atoms with Crippen LogP contribution in [-0.2, 0) is 6.42 Å². The standard InChI is InChI=1S/C9H13N.C4H8.C2H6/c10-8-4-7-9-5-2-1-3-6-9;1-3-4-2;1-2/h1-3,5-6H,4,7-8,10H2;3H,1,4H2,2H3;1-2H3. The van der Waals surface area contributed by atoms with Crippen molar-refractivity contribution in [2.24, 2.45) is 5.73 Å². The molecule has 1 nitrogen and oxygen atoms in total. The van der Waals surface area contributed by atoms with Crippen LogP contribution in [0.5, 0.6) is 0 Å². The van der Waals surface area contributed by atoms with Crippen LogP contribution in [0.2, 0.25) is 0 Å². The summed E-state index contributed by atoms with van der Waals surface area (Å²) in [6.45, 7) is 10.3. The van der Waals surface area contributed by atoms with Gasteiger partial charge in [-0.1, -0.05) is 57.2 Å². The van der Waals surface area contributed by atoms with Gasteiger partial charge in [-0.3, -0.25) is 0 Å². The predicted octanol–water partition coefficient (Wildman–Crippen LogP) is 4.19. The Bertz CT molecular complexity index is 216. The summed E-state index contributed by atoms with van der Waals surface area (Å²) < 4.78 is 0. The molecular weight excluding hydrogens is 194 g/mol. The Hall–Kier alpha value is -1.08. The summed E-state index contributed by atoms with van der Waals surface area (Å²) in [7, 11) is 0. The second-order valence-electron chi connectivity index (χ2n) is 3.07. The number of aryl methyl sites for hydroxylation is 1. The van der Waals surface area contributed by atoms with Crippen molar-refractivity contribution in [2.75, 3.05) is 6.54 Å². The second-order valence-corrected chi connectivity index (χ2v) is 3.07. The molecule has 92 valence electrons. The molecule has 1 aromatic rings. The number of rotatable bonds is 4. The minimum absolute atomic E-state index is 0.787. The maximum atomic E-state index is 5.38. The number of allylic oxidation sites excluding steroid dienone is 1. The van der Waals surface area contributed by atoms with Gasteiger partial charge in [0.2, 0.25) is 0 Å². The lowest BCUT2D eigenvalue weighted by atomic mass is 10.1. The Morgan fingerprint density at radius 1 is 1.19 bits per heavy atom. The van der Waals surface area contributed by atoms with Gasteiger partial charge in [-0.05, 0) is 31.4 Å². The maximum Gasteiger partial charge on any atom is -0.00741 e. The fourth-order valence-electron chi connectivity index (χ4n) is 0.951. The Morgan fingerprint density at radius 2 is 1.69 bits per heavy atom. The van der Waals surface area contributed by atoms with E-state index in [0.717, 1.165) is 25.8 Å². The van der Waals surface area contributed by atoms with E-state index in [1.54, 1.807) is 0 Å². The normalized spacial score (nSPS) is 8.00. The lowest BCUT2D eigenvalue weighted by Crippen LogP contribution is -1.99. The zero-order valence-electron chi connectivity index (χ0n) is 11.1. The Kier molecular flexibility index (Phi) is 17.7. The van der Waals surface area contributed by atoms with E-state index in [1.807, 2.05) is 26.0 Å². The first-order chi connectivity index (χ1) is 7.85. The maximum absolute atomic E-state index is 5.38. The predicted molar refractivity (Wildman–Crippen MR) is 75.7 cm³/mol. The molecule has 0 spiro atoms. The summed E-state index contributed by atoms with van der Waals surface area (Å²) in [4.78, 5) is 0. The van der Waals surface area contributed by atoms with E-state index >= 15 is 0 Å². The molecule has 0 amide bonds. The van der Waals surface area contributed by atoms with Crippen molar-refractivity contribution in [2.45, 2.75) is 40.0 Å². The summed E-state index contributed by atoms with van der Waals surface area (Å²) in [5.41, 5.74) is 6.76. The molecule has 0 atom stereocenters. The van der Waals surface area contributed by atoms with Crippen molar-refractivity contribution in [3.63, 3.8) is 0 Å². The first kappa shape index (κ1) is 17.3. The minimum atomic E-state index is 0.787. The molecule has 0 aliphatic heterocycles. The molecule has 0 aromatic heterocycles. The number of hydrogen-bond acceptors (Lipinski definition) is 1. The molecule has 0 saturated carbocycles. The third-order valence-corrected chi connectivity index (χ3v) is 1.80. The summed E-state index contributed by atoms with van der Waals surface area (Å²) in [6, 6.07) is 10.4. The third-order valence-electron chi connectivity index (χ3n) is 1.80. The van der Waals surface area contributed by atoms with Gasteiger partial charge < -0.3 is 5.73 Å². The Morgan fingerprint density at radius 3 is 2.06 bits per heavy atom. The highest BCUT2D eigenvalue weighted by molar-refractivity contribution is 5.14. The van der Waals surface area contributed by atoms with E-state index in [9.17, 15) is 0 Å². The van der Waals surface area contributed by atoms with E-state index in [1.165, 1.54) is 5.56 Å². The fraction of sp³-hybridized carbons (Fsp3) is 0.467. The van der Waals surface area contributed by atoms with Gasteiger partial charge in [-0.15, -0.1) is 6.58 Å². The largest absolute Gasteiger partial charge is 0.330 e. The highest BCUT2D eigenvalue weighted by Crippen LogP contribution is 2.00. The summed E-state index contributed by atoms with van der Waals surface area (Å²) in [5, 5.41) is 0. The average Bonchev–Trinajstić information content (AvgIpc) is 2.40. The number of benzene rings is 1. The van der Waals surface area contributed by atoms with E-state index in [4.69, 9.17) is 5.73 Å². The highest BCUT2D eigenvalue weighted by Gasteiger charge is 1.87. The topological polar surface area (TPSA) is 26.0 Å². The smallest absolute Gasteiger partial charge is 0.00741 e. The van der Waals surface area contributed by atoms with Gasteiger partial charge in [-0.25, -0.2) is 0 Å². The number of hydrogen-bond donors (Lipinski definition) is 1. The first-order valence-electron chi connectivity index (χ1n) is 6.20. The third kappa shape index (κ3) is 12.9. The van der Waals surface area contributed by atoms with Crippen LogP contribution in [-0.4, -0.2) is 6.54 Å². The quantitative estimate of drug-likeness (QED) is 0.758. The highest BCUT2D eigenvalue weighted by atomic mass is 14.5. The Balaban J connectivity index is 0. The zero-order valence-corrected chi connectivity index (χ0v) is 11.1. The average molecular weight is 221 g/mol. The minimum Gasteiger partial charge on any atom is -0.330 e. The summed E-state index contributed by atoms with van der Waals surface area (Å²) in [5.74, 6) is 0. The Labute approximate surface area is 101 Å². The molecule has 16 heavy (non-hydrogen) atoms. The van der Waals surface area contributed by atoms with Crippen LogP contribution >= 0.6 is 0 Å². The van der Waals surface area contributed by atoms with Gasteiger partial charge in [0.05, 0.1) is 0 Å². The van der Waals surface area contributed by atoms with Crippen LogP contribution in [0.4, 0.5) is 0 Å². The lowest BCUT2D eigenvalue weighted by molar-refractivity contribution is 0.833. The van der Waals surface area contributed by atoms with Crippen LogP contribution in [0.15, 0.2) is 43.0 Å². The van der Waals surface area contributed by atoms with Gasteiger partial charge >= 0.3 is 0 Å². The van der Waals surface area contributed by atoms with Crippen LogP contribution in [0.1, 0.15) is 39.2 Å². The van der Waals surface area contributed by atoms with E-state index in [0.29, 0.717) is 0 Å². The molecule has 1 aromatic carbocycles. The molecule has 0 saturated heterocycles. The molecule has 0 radical (unpaired) electrons. The molecule has 2 N–H and O–H groups in total. The molecule has 1 heteroatoms. The van der Waals surface area contributed by atoms with Crippen molar-refractivity contribution < 1.29 is 0 Å². The van der Waals surface area contributed by atoms with Crippen molar-refractivity contribution in [3.05, 3.63) is 48.6 Å². The first-order valence-corrected chi connectivity index (χ1v) is 6.20. The van der Waals surface area contributed by atoms with Crippen molar-refractivity contribution in [3.8, 4) is 0 Å². The molecule has 0 aliphatic carbocycles. The van der Waals surface area contributed by atoms with Gasteiger partial charge in [0.25, 0.3) is 0 Å². The van der Waals surface area contributed by atoms with Gasteiger partial charge in [0, 0.05) is 0 Å². The zero-order chi connectivity index (χ0) is 12.6. The summed E-state index contributed by atoms with van der Waals surface area (Å²) >= 11 is 0. The van der Waals surface area contributed by atoms with Crippen LogP contribution in [0, 0.1) is 0 Å². The summed E-state index contributed by atoms with van der Waals surface area (Å²) in [6.07, 6.45) is 5.15. The van der Waals surface area contributed by atoms with E-state index < -0.39 is 0 Å². The molecule has 0 heterocycles. The second kappa shape index (κ2) is 16.4. The van der Waals surface area contributed by atoms with Gasteiger partial charge in [0.1, 0.15) is 0 Å². The van der Waals surface area contributed by atoms with Gasteiger partial charge in [0.15, 0.2) is 0 Å². The van der Waals surface area contributed by atoms with Crippen LogP contribution < -0.4 is 5.73 Å². The number of nitrogens with two attached hydrogens (primary N) is 1. The van der Waals surface area contributed by atoms with Crippen molar-refractivity contribution in [1.82, 2.24) is 0 Å². The van der Waals surface area contributed by atoms with Crippen molar-refractivity contribution >= 4 is 0 Å². The lowest BCUT2D eigenvalue weighted by Gasteiger charge is -1.96. The van der Waals surface area contributed by atoms with Crippen LogP contribution in [0.3, 0.4) is 0 Å². The molecule has 0 fully saturated rings. The SMILES string of the molecule is C=CCC.CC.NCCCc1ccccc1. The van der Waals surface area contributed by atoms with Gasteiger partial charge in [-0.2, -0.15) is 0 Å². The van der Waals surface area contributed by atoms with Crippen LogP contribution in [0.25, 0.3) is 0 Å². The molecule has 0 aliphatic rings. The molecule has 0 bridgehead atoms. The monoisotopic (exact) mass is 221 g/mol. The van der Waals surface area contributed by atoms with E-state index in [2.05, 4.69) is 37.8 Å². The fourth-order valence-corrected chi connectivity index (χ4v) is 0.951. The molecular formula is C15H27N. The molecule has 1 rings (SSSR count). The van der Waals surface area contributed by atoms with E-state index in [-0.39, 0.29) is 0 Å². The van der Waals surface area contributed by atoms with Crippen molar-refractivity contribution in [1.29, 1.82) is 0 Å².